The fourth-order valence-electron chi connectivity index (χ4n) is 1.63. The minimum absolute atomic E-state index is 0.205. The number of hydrogen-bond acceptors (Lipinski definition) is 2. The molecule has 0 aliphatic heterocycles. The predicted octanol–water partition coefficient (Wildman–Crippen LogP) is 3.35. The van der Waals surface area contributed by atoms with Gasteiger partial charge in [0.15, 0.2) is 0 Å². The van der Waals surface area contributed by atoms with Gasteiger partial charge in [0.1, 0.15) is 0 Å². The van der Waals surface area contributed by atoms with E-state index >= 15 is 0 Å². The molecule has 0 amide bonds. The second-order valence-corrected chi connectivity index (χ2v) is 4.01. The Kier molecular flexibility index (Phi) is 4.54. The topological polar surface area (TPSA) is 23.5 Å². The Balaban J connectivity index is 2.79. The highest BCUT2D eigenvalue weighted by atomic mass is 19.4. The number of likely N-dealkylation sites (N-methyl/N-ethyl adjacent to an activating group) is 1. The van der Waals surface area contributed by atoms with Crippen molar-refractivity contribution >= 4 is 0 Å². The average molecular weight is 247 g/mol. The zero-order valence-electron chi connectivity index (χ0n) is 9.83. The lowest BCUT2D eigenvalue weighted by Gasteiger charge is -2.21. The maximum absolute atomic E-state index is 12.5. The smallest absolute Gasteiger partial charge is 0.314 e. The van der Waals surface area contributed by atoms with E-state index in [-0.39, 0.29) is 6.04 Å². The van der Waals surface area contributed by atoms with E-state index in [1.165, 1.54) is 6.07 Å². The fraction of sp³-hybridized carbons (Fsp3) is 0.500. The van der Waals surface area contributed by atoms with Crippen LogP contribution < -0.4 is 0 Å². The van der Waals surface area contributed by atoms with Crippen LogP contribution in [0.2, 0.25) is 0 Å². The molecule has 0 fully saturated rings. The summed E-state index contributed by atoms with van der Waals surface area (Å²) in [5.74, 6) is 0. The van der Waals surface area contributed by atoms with E-state index in [0.29, 0.717) is 18.5 Å². The zero-order chi connectivity index (χ0) is 13.1. The van der Waals surface area contributed by atoms with Gasteiger partial charge in [-0.3, -0.25) is 0 Å². The molecule has 17 heavy (non-hydrogen) atoms. The lowest BCUT2D eigenvalue weighted by atomic mass is 10.0. The summed E-state index contributed by atoms with van der Waals surface area (Å²) in [6.45, 7) is 3.99. The van der Waals surface area contributed by atoms with Gasteiger partial charge in [0.2, 0.25) is 0 Å². The molecule has 5 heteroatoms. The summed E-state index contributed by atoms with van der Waals surface area (Å²) < 4.78 is 37.4. The van der Waals surface area contributed by atoms with Gasteiger partial charge in [-0.05, 0) is 25.0 Å². The van der Waals surface area contributed by atoms with Gasteiger partial charge in [-0.25, -0.2) is 0 Å². The summed E-state index contributed by atoms with van der Waals surface area (Å²) in [6, 6.07) is 4.99. The minimum Gasteiger partial charge on any atom is -0.314 e. The van der Waals surface area contributed by atoms with Crippen LogP contribution in [0, 0.1) is 0 Å². The van der Waals surface area contributed by atoms with Crippen molar-refractivity contribution in [3.05, 3.63) is 35.4 Å². The summed E-state index contributed by atoms with van der Waals surface area (Å²) in [5, 5.41) is 10.5. The predicted molar refractivity (Wildman–Crippen MR) is 58.8 cm³/mol. The van der Waals surface area contributed by atoms with Crippen LogP contribution in [0.1, 0.15) is 25.0 Å². The van der Waals surface area contributed by atoms with Crippen molar-refractivity contribution in [1.82, 2.24) is 5.06 Å². The van der Waals surface area contributed by atoms with Gasteiger partial charge in [-0.1, -0.05) is 25.1 Å². The van der Waals surface area contributed by atoms with E-state index in [9.17, 15) is 18.4 Å². The summed E-state index contributed by atoms with van der Waals surface area (Å²) in [6.07, 6.45) is -3.93. The van der Waals surface area contributed by atoms with Crippen LogP contribution in [0.5, 0.6) is 0 Å². The number of benzene rings is 1. The molecule has 0 spiro atoms. The SMILES string of the molecule is CCN(O)C(C)Cc1cccc(C(F)(F)F)c1. The molecule has 0 aromatic heterocycles. The van der Waals surface area contributed by atoms with Gasteiger partial charge >= 0.3 is 6.18 Å². The van der Waals surface area contributed by atoms with Crippen molar-refractivity contribution in [1.29, 1.82) is 0 Å². The van der Waals surface area contributed by atoms with Crippen molar-refractivity contribution in [3.8, 4) is 0 Å². The molecule has 96 valence electrons. The van der Waals surface area contributed by atoms with Crippen LogP contribution in [0.3, 0.4) is 0 Å². The number of hydroxylamine groups is 2. The normalized spacial score (nSPS) is 14.1. The number of hydrogen-bond donors (Lipinski definition) is 1. The van der Waals surface area contributed by atoms with E-state index in [4.69, 9.17) is 0 Å². The van der Waals surface area contributed by atoms with Crippen molar-refractivity contribution in [3.63, 3.8) is 0 Å². The first-order chi connectivity index (χ1) is 7.84. The van der Waals surface area contributed by atoms with Crippen LogP contribution in [-0.2, 0) is 12.6 Å². The van der Waals surface area contributed by atoms with Crippen molar-refractivity contribution in [2.45, 2.75) is 32.5 Å². The van der Waals surface area contributed by atoms with Crippen molar-refractivity contribution in [2.24, 2.45) is 0 Å². The molecule has 1 aromatic carbocycles. The van der Waals surface area contributed by atoms with E-state index in [2.05, 4.69) is 0 Å². The zero-order valence-corrected chi connectivity index (χ0v) is 9.83. The van der Waals surface area contributed by atoms with Gasteiger partial charge < -0.3 is 5.21 Å². The molecule has 1 aromatic rings. The molecule has 0 aliphatic carbocycles. The standard InChI is InChI=1S/C12H16F3NO/c1-3-16(17)9(2)7-10-5-4-6-11(8-10)12(13,14)15/h4-6,8-9,17H,3,7H2,1-2H3. The third kappa shape index (κ3) is 4.02. The molecule has 0 aliphatic rings. The highest BCUT2D eigenvalue weighted by Gasteiger charge is 2.30. The Morgan fingerprint density at radius 3 is 2.53 bits per heavy atom. The van der Waals surface area contributed by atoms with Crippen LogP contribution in [-0.4, -0.2) is 22.9 Å². The first-order valence-corrected chi connectivity index (χ1v) is 5.46. The van der Waals surface area contributed by atoms with E-state index in [1.807, 2.05) is 0 Å². The highest BCUT2D eigenvalue weighted by Crippen LogP contribution is 2.29. The molecule has 1 N–H and O–H groups in total. The fourth-order valence-corrected chi connectivity index (χ4v) is 1.63. The lowest BCUT2D eigenvalue weighted by Crippen LogP contribution is -2.31. The van der Waals surface area contributed by atoms with E-state index in [1.54, 1.807) is 19.9 Å². The van der Waals surface area contributed by atoms with Gasteiger partial charge in [-0.2, -0.15) is 18.2 Å². The van der Waals surface area contributed by atoms with E-state index in [0.717, 1.165) is 17.2 Å². The molecule has 0 saturated heterocycles. The monoisotopic (exact) mass is 247 g/mol. The first-order valence-electron chi connectivity index (χ1n) is 5.46. The van der Waals surface area contributed by atoms with Gasteiger partial charge in [-0.15, -0.1) is 0 Å². The molecule has 1 rings (SSSR count). The molecular formula is C12H16F3NO. The molecule has 0 saturated carbocycles. The molecule has 0 heterocycles. The minimum atomic E-state index is -4.32. The Morgan fingerprint density at radius 1 is 1.35 bits per heavy atom. The maximum atomic E-state index is 12.5. The molecular weight excluding hydrogens is 231 g/mol. The number of alkyl halides is 3. The van der Waals surface area contributed by atoms with Gasteiger partial charge in [0, 0.05) is 12.6 Å². The van der Waals surface area contributed by atoms with Gasteiger partial charge in [0.05, 0.1) is 5.56 Å². The molecule has 2 nitrogen and oxygen atoms in total. The number of rotatable bonds is 4. The Bertz CT molecular complexity index is 365. The molecule has 1 unspecified atom stereocenters. The lowest BCUT2D eigenvalue weighted by molar-refractivity contribution is -0.137. The largest absolute Gasteiger partial charge is 0.416 e. The van der Waals surface area contributed by atoms with Crippen molar-refractivity contribution < 1.29 is 18.4 Å². The second-order valence-electron chi connectivity index (χ2n) is 4.01. The Morgan fingerprint density at radius 2 is 2.00 bits per heavy atom. The Labute approximate surface area is 98.6 Å². The third-order valence-electron chi connectivity index (χ3n) is 2.62. The van der Waals surface area contributed by atoms with Crippen LogP contribution in [0.4, 0.5) is 13.2 Å². The third-order valence-corrected chi connectivity index (χ3v) is 2.62. The summed E-state index contributed by atoms with van der Waals surface area (Å²) in [7, 11) is 0. The maximum Gasteiger partial charge on any atom is 0.416 e. The van der Waals surface area contributed by atoms with Crippen LogP contribution in [0.15, 0.2) is 24.3 Å². The van der Waals surface area contributed by atoms with Crippen LogP contribution >= 0.6 is 0 Å². The highest BCUT2D eigenvalue weighted by molar-refractivity contribution is 5.26. The van der Waals surface area contributed by atoms with Crippen molar-refractivity contribution in [2.75, 3.05) is 6.54 Å². The molecule has 0 bridgehead atoms. The van der Waals surface area contributed by atoms with Gasteiger partial charge in [0.25, 0.3) is 0 Å². The van der Waals surface area contributed by atoms with E-state index < -0.39 is 11.7 Å². The Hall–Kier alpha value is -1.07. The quantitative estimate of drug-likeness (QED) is 0.825. The van der Waals surface area contributed by atoms with Crippen LogP contribution in [0.25, 0.3) is 0 Å². The number of halogens is 3. The summed E-state index contributed by atoms with van der Waals surface area (Å²) in [5.41, 5.74) is -0.0805. The number of nitrogens with zero attached hydrogens (tertiary/aromatic N) is 1. The summed E-state index contributed by atoms with van der Waals surface area (Å²) >= 11 is 0. The average Bonchev–Trinajstić information content (AvgIpc) is 2.27. The molecule has 0 radical (unpaired) electrons. The summed E-state index contributed by atoms with van der Waals surface area (Å²) in [4.78, 5) is 0. The molecule has 1 atom stereocenters. The second kappa shape index (κ2) is 5.51. The first kappa shape index (κ1) is 14.0.